The van der Waals surface area contributed by atoms with Gasteiger partial charge in [0, 0.05) is 17.3 Å². The number of nitrogen functional groups attached to an aromatic ring is 1. The molecule has 6 heteroatoms. The van der Waals surface area contributed by atoms with E-state index in [2.05, 4.69) is 15.3 Å². The summed E-state index contributed by atoms with van der Waals surface area (Å²) in [5.74, 6) is 0. The van der Waals surface area contributed by atoms with Gasteiger partial charge in [0.1, 0.15) is 5.69 Å². The lowest BCUT2D eigenvalue weighted by atomic mass is 10.3. The second-order valence-corrected chi connectivity index (χ2v) is 5.38. The third kappa shape index (κ3) is 2.74. The van der Waals surface area contributed by atoms with Gasteiger partial charge >= 0.3 is 0 Å². The first-order valence-electron chi connectivity index (χ1n) is 5.91. The molecule has 0 spiro atoms. The van der Waals surface area contributed by atoms with Gasteiger partial charge in [-0.1, -0.05) is 17.7 Å². The van der Waals surface area contributed by atoms with Crippen molar-refractivity contribution < 1.29 is 0 Å². The Labute approximate surface area is 125 Å². The molecule has 0 radical (unpaired) electrons. The van der Waals surface area contributed by atoms with Crippen molar-refractivity contribution in [3.63, 3.8) is 0 Å². The number of halogens is 1. The highest BCUT2D eigenvalue weighted by Gasteiger charge is 2.06. The number of benzene rings is 1. The zero-order valence-corrected chi connectivity index (χ0v) is 11.9. The second-order valence-electron chi connectivity index (χ2n) is 4.11. The number of rotatable bonds is 3. The normalized spacial score (nSPS) is 10.4. The van der Waals surface area contributed by atoms with Gasteiger partial charge < -0.3 is 11.1 Å². The lowest BCUT2D eigenvalue weighted by molar-refractivity contribution is 1.28. The molecule has 0 aliphatic rings. The van der Waals surface area contributed by atoms with Crippen LogP contribution in [0.5, 0.6) is 0 Å². The van der Waals surface area contributed by atoms with Gasteiger partial charge in [0.05, 0.1) is 16.4 Å². The van der Waals surface area contributed by atoms with Crippen molar-refractivity contribution in [2.24, 2.45) is 0 Å². The van der Waals surface area contributed by atoms with Crippen molar-refractivity contribution in [1.29, 1.82) is 0 Å². The smallest absolute Gasteiger partial charge is 0.187 e. The van der Waals surface area contributed by atoms with E-state index in [9.17, 15) is 0 Å². The summed E-state index contributed by atoms with van der Waals surface area (Å²) in [6, 6.07) is 11.1. The summed E-state index contributed by atoms with van der Waals surface area (Å²) in [5, 5.41) is 6.50. The van der Waals surface area contributed by atoms with Gasteiger partial charge in [-0.25, -0.2) is 4.98 Å². The van der Waals surface area contributed by atoms with Crippen LogP contribution in [-0.4, -0.2) is 9.97 Å². The molecule has 3 rings (SSSR count). The Morgan fingerprint density at radius 1 is 1.15 bits per heavy atom. The molecule has 1 aromatic carbocycles. The lowest BCUT2D eigenvalue weighted by Crippen LogP contribution is -1.92. The zero-order chi connectivity index (χ0) is 13.9. The molecule has 3 aromatic rings. The van der Waals surface area contributed by atoms with E-state index in [1.54, 1.807) is 18.3 Å². The Morgan fingerprint density at radius 3 is 2.80 bits per heavy atom. The summed E-state index contributed by atoms with van der Waals surface area (Å²) in [5.41, 5.74) is 8.87. The van der Waals surface area contributed by atoms with Crippen molar-refractivity contribution in [2.75, 3.05) is 11.1 Å². The van der Waals surface area contributed by atoms with Crippen LogP contribution in [0.1, 0.15) is 0 Å². The molecule has 0 unspecified atom stereocenters. The summed E-state index contributed by atoms with van der Waals surface area (Å²) < 4.78 is 0. The topological polar surface area (TPSA) is 63.8 Å². The van der Waals surface area contributed by atoms with Crippen LogP contribution in [0.15, 0.2) is 48.0 Å². The molecule has 20 heavy (non-hydrogen) atoms. The van der Waals surface area contributed by atoms with E-state index in [1.807, 2.05) is 29.6 Å². The van der Waals surface area contributed by atoms with Crippen LogP contribution >= 0.6 is 22.9 Å². The highest BCUT2D eigenvalue weighted by atomic mass is 35.5. The van der Waals surface area contributed by atoms with Gasteiger partial charge in [0.2, 0.25) is 0 Å². The number of anilines is 3. The first-order chi connectivity index (χ1) is 9.72. The fourth-order valence-corrected chi connectivity index (χ4v) is 2.55. The predicted octanol–water partition coefficient (Wildman–Crippen LogP) is 4.18. The van der Waals surface area contributed by atoms with Crippen LogP contribution in [0.3, 0.4) is 0 Å². The van der Waals surface area contributed by atoms with Crippen LogP contribution in [-0.2, 0) is 0 Å². The monoisotopic (exact) mass is 302 g/mol. The van der Waals surface area contributed by atoms with E-state index >= 15 is 0 Å². The van der Waals surface area contributed by atoms with Gasteiger partial charge in [-0.3, -0.25) is 4.98 Å². The zero-order valence-electron chi connectivity index (χ0n) is 10.4. The first-order valence-corrected chi connectivity index (χ1v) is 7.17. The van der Waals surface area contributed by atoms with E-state index in [-0.39, 0.29) is 0 Å². The van der Waals surface area contributed by atoms with E-state index in [0.717, 1.165) is 22.2 Å². The number of hydrogen-bond donors (Lipinski definition) is 2. The minimum Gasteiger partial charge on any atom is -0.397 e. The van der Waals surface area contributed by atoms with E-state index in [1.165, 1.54) is 11.3 Å². The highest BCUT2D eigenvalue weighted by Crippen LogP contribution is 2.28. The molecule has 0 amide bonds. The van der Waals surface area contributed by atoms with Crippen molar-refractivity contribution in [3.05, 3.63) is 53.0 Å². The van der Waals surface area contributed by atoms with Crippen molar-refractivity contribution in [2.45, 2.75) is 0 Å². The summed E-state index contributed by atoms with van der Waals surface area (Å²) in [6.45, 7) is 0. The van der Waals surface area contributed by atoms with Crippen LogP contribution in [0.2, 0.25) is 5.02 Å². The van der Waals surface area contributed by atoms with Crippen LogP contribution in [0, 0.1) is 0 Å². The minimum atomic E-state index is 0.540. The molecule has 0 saturated heterocycles. The Kier molecular flexibility index (Phi) is 3.54. The molecule has 2 aromatic heterocycles. The van der Waals surface area contributed by atoms with Gasteiger partial charge in [-0.05, 0) is 30.3 Å². The van der Waals surface area contributed by atoms with Crippen LogP contribution in [0.4, 0.5) is 16.5 Å². The fourth-order valence-electron chi connectivity index (χ4n) is 1.71. The molecule has 2 heterocycles. The Morgan fingerprint density at radius 2 is 2.05 bits per heavy atom. The van der Waals surface area contributed by atoms with Crippen LogP contribution in [0.25, 0.3) is 11.4 Å². The number of thiazole rings is 1. The molecule has 100 valence electrons. The predicted molar refractivity (Wildman–Crippen MR) is 84.5 cm³/mol. The third-order valence-electron chi connectivity index (χ3n) is 2.68. The molecule has 0 fully saturated rings. The summed E-state index contributed by atoms with van der Waals surface area (Å²) in [4.78, 5) is 8.77. The maximum absolute atomic E-state index is 5.89. The summed E-state index contributed by atoms with van der Waals surface area (Å²) in [6.07, 6.45) is 1.75. The highest BCUT2D eigenvalue weighted by molar-refractivity contribution is 7.14. The summed E-state index contributed by atoms with van der Waals surface area (Å²) >= 11 is 7.41. The van der Waals surface area contributed by atoms with E-state index in [4.69, 9.17) is 17.3 Å². The number of aromatic nitrogens is 2. The fraction of sp³-hybridized carbons (Fsp3) is 0. The molecule has 4 nitrogen and oxygen atoms in total. The van der Waals surface area contributed by atoms with Crippen molar-refractivity contribution in [3.8, 4) is 11.4 Å². The molecule has 0 aliphatic carbocycles. The largest absolute Gasteiger partial charge is 0.397 e. The third-order valence-corrected chi connectivity index (χ3v) is 3.78. The molecule has 0 bridgehead atoms. The Balaban J connectivity index is 1.82. The number of nitrogens with two attached hydrogens (primary N) is 1. The minimum absolute atomic E-state index is 0.540. The van der Waals surface area contributed by atoms with Gasteiger partial charge in [-0.15, -0.1) is 11.3 Å². The maximum Gasteiger partial charge on any atom is 0.187 e. The van der Waals surface area contributed by atoms with Crippen molar-refractivity contribution >= 4 is 39.4 Å². The molecular weight excluding hydrogens is 292 g/mol. The maximum atomic E-state index is 5.89. The lowest BCUT2D eigenvalue weighted by Gasteiger charge is -2.04. The van der Waals surface area contributed by atoms with Crippen LogP contribution < -0.4 is 11.1 Å². The average molecular weight is 303 g/mol. The molecule has 3 N–H and O–H groups in total. The molecule has 0 aliphatic heterocycles. The number of hydrogen-bond acceptors (Lipinski definition) is 5. The number of pyridine rings is 1. The number of nitrogens with one attached hydrogen (secondary N) is 1. The van der Waals surface area contributed by atoms with E-state index in [0.29, 0.717) is 10.7 Å². The van der Waals surface area contributed by atoms with Gasteiger partial charge in [0.15, 0.2) is 5.13 Å². The Hall–Kier alpha value is -2.11. The standard InChI is InChI=1S/C14H11ClN4S/c15-10-5-4-9(7-11(10)16)18-14-19-13(8-20-14)12-3-1-2-6-17-12/h1-8H,16H2,(H,18,19). The average Bonchev–Trinajstić information content (AvgIpc) is 2.92. The SMILES string of the molecule is Nc1cc(Nc2nc(-c3ccccn3)cs2)ccc1Cl. The second kappa shape index (κ2) is 5.48. The molecular formula is C14H11ClN4S. The quantitative estimate of drug-likeness (QED) is 0.712. The van der Waals surface area contributed by atoms with Gasteiger partial charge in [-0.2, -0.15) is 0 Å². The molecule has 0 atom stereocenters. The van der Waals surface area contributed by atoms with Gasteiger partial charge in [0.25, 0.3) is 0 Å². The van der Waals surface area contributed by atoms with Crippen molar-refractivity contribution in [1.82, 2.24) is 9.97 Å². The Bertz CT molecular complexity index is 727. The summed E-state index contributed by atoms with van der Waals surface area (Å²) in [7, 11) is 0. The van der Waals surface area contributed by atoms with E-state index < -0.39 is 0 Å². The number of nitrogens with zero attached hydrogens (tertiary/aromatic N) is 2. The first kappa shape index (κ1) is 12.9. The molecule has 0 saturated carbocycles.